The van der Waals surface area contributed by atoms with Crippen molar-refractivity contribution in [3.05, 3.63) is 71.9 Å². The topological polar surface area (TPSA) is 108 Å². The lowest BCUT2D eigenvalue weighted by molar-refractivity contribution is 0.368. The molecule has 0 aliphatic carbocycles. The molecule has 0 amide bonds. The Hall–Kier alpha value is -2.42. The zero-order valence-corrected chi connectivity index (χ0v) is 15.9. The Morgan fingerprint density at radius 2 is 1.74 bits per heavy atom. The summed E-state index contributed by atoms with van der Waals surface area (Å²) in [5.41, 5.74) is 7.54. The predicted octanol–water partition coefficient (Wildman–Crippen LogP) is 2.62. The SMILES string of the molecule is CCS(N)=O.NC(Cc1nc(-c2ccccc2)no1)Cc1ccccc1F. The first kappa shape index (κ1) is 20.9. The molecule has 0 spiro atoms. The molecule has 3 rings (SSSR count). The van der Waals surface area contributed by atoms with Crippen molar-refractivity contribution in [2.24, 2.45) is 10.9 Å². The van der Waals surface area contributed by atoms with Gasteiger partial charge in [0.1, 0.15) is 5.82 Å². The third kappa shape index (κ3) is 7.01. The molecule has 2 atom stereocenters. The van der Waals surface area contributed by atoms with Crippen LogP contribution in [0.3, 0.4) is 0 Å². The van der Waals surface area contributed by atoms with Crippen LogP contribution in [0.15, 0.2) is 59.1 Å². The highest BCUT2D eigenvalue weighted by atomic mass is 32.2. The van der Waals surface area contributed by atoms with Gasteiger partial charge in [0.25, 0.3) is 0 Å². The van der Waals surface area contributed by atoms with Crippen LogP contribution in [0.4, 0.5) is 4.39 Å². The fourth-order valence-electron chi connectivity index (χ4n) is 2.29. The monoisotopic (exact) mass is 390 g/mol. The van der Waals surface area contributed by atoms with E-state index in [-0.39, 0.29) is 11.9 Å². The van der Waals surface area contributed by atoms with Crippen molar-refractivity contribution in [1.82, 2.24) is 10.1 Å². The first-order valence-corrected chi connectivity index (χ1v) is 9.87. The molecule has 0 aliphatic heterocycles. The zero-order valence-electron chi connectivity index (χ0n) is 15.0. The third-order valence-corrected chi connectivity index (χ3v) is 4.23. The number of nitrogens with two attached hydrogens (primary N) is 2. The molecule has 3 aromatic rings. The van der Waals surface area contributed by atoms with Gasteiger partial charge in [0.05, 0.1) is 11.0 Å². The molecule has 0 fully saturated rings. The second-order valence-corrected chi connectivity index (χ2v) is 7.15. The highest BCUT2D eigenvalue weighted by molar-refractivity contribution is 7.82. The summed E-state index contributed by atoms with van der Waals surface area (Å²) < 4.78 is 28.5. The molecule has 0 saturated heterocycles. The summed E-state index contributed by atoms with van der Waals surface area (Å²) in [5.74, 6) is 1.31. The molecule has 4 N–H and O–H groups in total. The number of halogens is 1. The molecule has 0 radical (unpaired) electrons. The fraction of sp³-hybridized carbons (Fsp3) is 0.263. The molecule has 1 aromatic heterocycles. The lowest BCUT2D eigenvalue weighted by atomic mass is 10.0. The predicted molar refractivity (Wildman–Crippen MR) is 104 cm³/mol. The molecular weight excluding hydrogens is 367 g/mol. The number of rotatable bonds is 6. The van der Waals surface area contributed by atoms with E-state index in [1.54, 1.807) is 25.1 Å². The van der Waals surface area contributed by atoms with E-state index in [1.807, 2.05) is 30.3 Å². The highest BCUT2D eigenvalue weighted by Crippen LogP contribution is 2.16. The maximum absolute atomic E-state index is 13.6. The van der Waals surface area contributed by atoms with Gasteiger partial charge in [0.2, 0.25) is 11.7 Å². The van der Waals surface area contributed by atoms with Crippen molar-refractivity contribution in [3.63, 3.8) is 0 Å². The standard InChI is InChI=1S/C17H16FN3O.C2H7NOS/c18-15-9-5-4-8-13(15)10-14(19)11-16-20-17(21-22-16)12-6-2-1-3-7-12;1-2-5(3)4/h1-9,14H,10-11,19H2;2-3H2,1H3. The minimum Gasteiger partial charge on any atom is -0.339 e. The van der Waals surface area contributed by atoms with Crippen LogP contribution in [0.25, 0.3) is 11.4 Å². The van der Waals surface area contributed by atoms with Crippen molar-refractivity contribution in [2.75, 3.05) is 5.75 Å². The van der Waals surface area contributed by atoms with Crippen LogP contribution in [0.2, 0.25) is 0 Å². The molecule has 27 heavy (non-hydrogen) atoms. The number of benzene rings is 2. The van der Waals surface area contributed by atoms with E-state index < -0.39 is 11.0 Å². The van der Waals surface area contributed by atoms with Gasteiger partial charge in [-0.15, -0.1) is 0 Å². The van der Waals surface area contributed by atoms with Crippen LogP contribution in [0.1, 0.15) is 18.4 Å². The zero-order chi connectivity index (χ0) is 19.6. The average molecular weight is 390 g/mol. The third-order valence-electron chi connectivity index (χ3n) is 3.66. The van der Waals surface area contributed by atoms with Crippen molar-refractivity contribution in [2.45, 2.75) is 25.8 Å². The van der Waals surface area contributed by atoms with Crippen molar-refractivity contribution >= 4 is 11.0 Å². The molecule has 2 aromatic carbocycles. The lowest BCUT2D eigenvalue weighted by Gasteiger charge is -2.09. The van der Waals surface area contributed by atoms with Gasteiger partial charge in [0.15, 0.2) is 0 Å². The number of hydrogen-bond acceptors (Lipinski definition) is 5. The summed E-state index contributed by atoms with van der Waals surface area (Å²) in [6.45, 7) is 1.77. The fourth-order valence-corrected chi connectivity index (χ4v) is 2.29. The van der Waals surface area contributed by atoms with Gasteiger partial charge >= 0.3 is 0 Å². The summed E-state index contributed by atoms with van der Waals surface area (Å²) >= 11 is 0. The van der Waals surface area contributed by atoms with E-state index in [0.29, 0.717) is 35.9 Å². The summed E-state index contributed by atoms with van der Waals surface area (Å²) in [7, 11) is -1.07. The average Bonchev–Trinajstić information content (AvgIpc) is 3.13. The molecule has 6 nitrogen and oxygen atoms in total. The minimum absolute atomic E-state index is 0.242. The van der Waals surface area contributed by atoms with Gasteiger partial charge in [0, 0.05) is 23.8 Å². The van der Waals surface area contributed by atoms with Crippen LogP contribution in [-0.4, -0.2) is 26.1 Å². The largest absolute Gasteiger partial charge is 0.339 e. The van der Waals surface area contributed by atoms with Crippen LogP contribution < -0.4 is 10.9 Å². The van der Waals surface area contributed by atoms with Crippen molar-refractivity contribution in [3.8, 4) is 11.4 Å². The van der Waals surface area contributed by atoms with E-state index in [2.05, 4.69) is 10.1 Å². The first-order valence-electron chi connectivity index (χ1n) is 8.49. The Morgan fingerprint density at radius 3 is 2.37 bits per heavy atom. The van der Waals surface area contributed by atoms with Gasteiger partial charge in [-0.25, -0.2) is 8.60 Å². The normalized spacial score (nSPS) is 12.7. The smallest absolute Gasteiger partial charge is 0.228 e. The number of hydrogen-bond donors (Lipinski definition) is 2. The second-order valence-electron chi connectivity index (χ2n) is 5.81. The number of nitrogens with zero attached hydrogens (tertiary/aromatic N) is 2. The summed E-state index contributed by atoms with van der Waals surface area (Å²) in [6.07, 6.45) is 0.837. The van der Waals surface area contributed by atoms with E-state index >= 15 is 0 Å². The van der Waals surface area contributed by atoms with Gasteiger partial charge in [-0.05, 0) is 18.1 Å². The molecule has 144 valence electrons. The van der Waals surface area contributed by atoms with Crippen LogP contribution in [-0.2, 0) is 23.8 Å². The Labute approximate surface area is 160 Å². The Kier molecular flexibility index (Phi) is 8.25. The molecule has 2 unspecified atom stereocenters. The van der Waals surface area contributed by atoms with Crippen molar-refractivity contribution < 1.29 is 13.1 Å². The van der Waals surface area contributed by atoms with Crippen LogP contribution >= 0.6 is 0 Å². The molecule has 0 bridgehead atoms. The van der Waals surface area contributed by atoms with Gasteiger partial charge < -0.3 is 10.3 Å². The Balaban J connectivity index is 0.000000465. The summed E-state index contributed by atoms with van der Waals surface area (Å²) in [6, 6.07) is 15.9. The first-order chi connectivity index (χ1) is 13.0. The maximum Gasteiger partial charge on any atom is 0.228 e. The minimum atomic E-state index is -1.07. The molecule has 8 heteroatoms. The van der Waals surface area contributed by atoms with Gasteiger partial charge in [-0.3, -0.25) is 5.14 Å². The van der Waals surface area contributed by atoms with Crippen LogP contribution in [0.5, 0.6) is 0 Å². The highest BCUT2D eigenvalue weighted by Gasteiger charge is 2.14. The Bertz CT molecular complexity index is 858. The van der Waals surface area contributed by atoms with E-state index in [4.69, 9.17) is 15.4 Å². The van der Waals surface area contributed by atoms with E-state index in [1.165, 1.54) is 6.07 Å². The molecule has 0 saturated carbocycles. The van der Waals surface area contributed by atoms with E-state index in [0.717, 1.165) is 5.56 Å². The van der Waals surface area contributed by atoms with Crippen LogP contribution in [0, 0.1) is 5.82 Å². The second kappa shape index (κ2) is 10.7. The number of aromatic nitrogens is 2. The summed E-state index contributed by atoms with van der Waals surface area (Å²) in [4.78, 5) is 4.33. The molecule has 0 aliphatic rings. The summed E-state index contributed by atoms with van der Waals surface area (Å²) in [5, 5.41) is 8.71. The van der Waals surface area contributed by atoms with E-state index in [9.17, 15) is 8.60 Å². The van der Waals surface area contributed by atoms with Gasteiger partial charge in [-0.1, -0.05) is 60.6 Å². The Morgan fingerprint density at radius 1 is 1.11 bits per heavy atom. The lowest BCUT2D eigenvalue weighted by Crippen LogP contribution is -2.26. The van der Waals surface area contributed by atoms with Gasteiger partial charge in [-0.2, -0.15) is 4.98 Å². The molecule has 1 heterocycles. The maximum atomic E-state index is 13.6. The quantitative estimate of drug-likeness (QED) is 0.673. The van der Waals surface area contributed by atoms with Crippen molar-refractivity contribution in [1.29, 1.82) is 0 Å². The molecular formula is C19H23FN4O2S.